The topological polar surface area (TPSA) is 78.1 Å². The largest absolute Gasteiger partial charge is 0.508 e. The zero-order valence-electron chi connectivity index (χ0n) is 15.5. The molecule has 0 amide bonds. The van der Waals surface area contributed by atoms with Crippen LogP contribution in [0.25, 0.3) is 5.70 Å². The van der Waals surface area contributed by atoms with Crippen LogP contribution in [0.3, 0.4) is 0 Å². The summed E-state index contributed by atoms with van der Waals surface area (Å²) in [5.74, 6) is 0.318. The number of aromatic hydroxyl groups is 2. The highest BCUT2D eigenvalue weighted by Crippen LogP contribution is 2.53. The molecule has 29 heavy (non-hydrogen) atoms. The number of benzene rings is 2. The Hall–Kier alpha value is -2.89. The van der Waals surface area contributed by atoms with Gasteiger partial charge in [0.25, 0.3) is 0 Å². The van der Waals surface area contributed by atoms with Gasteiger partial charge in [-0.1, -0.05) is 42.3 Å². The van der Waals surface area contributed by atoms with Crippen molar-refractivity contribution in [2.24, 2.45) is 10.2 Å². The molecule has 0 fully saturated rings. The Kier molecular flexibility index (Phi) is 5.03. The number of halogens is 2. The molecule has 2 N–H and O–H groups in total. The van der Waals surface area contributed by atoms with Gasteiger partial charge in [0.1, 0.15) is 11.5 Å². The van der Waals surface area contributed by atoms with E-state index in [1.807, 2.05) is 6.92 Å². The molecule has 0 saturated carbocycles. The molecule has 7 heteroatoms. The number of hydrogen-bond acceptors (Lipinski definition) is 5. The summed E-state index contributed by atoms with van der Waals surface area (Å²) in [6.07, 6.45) is 3.69. The van der Waals surface area contributed by atoms with Gasteiger partial charge in [0.05, 0.1) is 15.7 Å². The summed E-state index contributed by atoms with van der Waals surface area (Å²) >= 11 is 13.1. The van der Waals surface area contributed by atoms with E-state index in [0.29, 0.717) is 27.7 Å². The van der Waals surface area contributed by atoms with Crippen molar-refractivity contribution in [3.05, 3.63) is 93.2 Å². The Morgan fingerprint density at radius 2 is 1.41 bits per heavy atom. The molecule has 0 bridgehead atoms. The summed E-state index contributed by atoms with van der Waals surface area (Å²) in [5, 5.41) is 29.4. The molecule has 1 aromatic heterocycles. The average molecular weight is 426 g/mol. The molecule has 146 valence electrons. The van der Waals surface area contributed by atoms with E-state index < -0.39 is 5.54 Å². The third kappa shape index (κ3) is 3.16. The van der Waals surface area contributed by atoms with E-state index in [4.69, 9.17) is 28.3 Å². The summed E-state index contributed by atoms with van der Waals surface area (Å²) in [6.45, 7) is 2.02. The van der Waals surface area contributed by atoms with E-state index in [2.05, 4.69) is 10.1 Å². The molecule has 1 atom stereocenters. The second-order valence-corrected chi connectivity index (χ2v) is 7.48. The van der Waals surface area contributed by atoms with Gasteiger partial charge in [-0.3, -0.25) is 4.98 Å². The van der Waals surface area contributed by atoms with E-state index >= 15 is 0 Å². The summed E-state index contributed by atoms with van der Waals surface area (Å²) in [4.78, 5) is 4.07. The fourth-order valence-corrected chi connectivity index (χ4v) is 4.37. The average Bonchev–Trinajstić information content (AvgIpc) is 3.09. The lowest BCUT2D eigenvalue weighted by Gasteiger charge is -2.31. The third-order valence-electron chi connectivity index (χ3n) is 5.02. The van der Waals surface area contributed by atoms with Crippen molar-refractivity contribution in [1.82, 2.24) is 4.98 Å². The molecule has 0 spiro atoms. The second kappa shape index (κ2) is 7.50. The Morgan fingerprint density at radius 3 is 1.97 bits per heavy atom. The van der Waals surface area contributed by atoms with Crippen molar-refractivity contribution in [2.45, 2.75) is 18.9 Å². The molecule has 1 unspecified atom stereocenters. The van der Waals surface area contributed by atoms with Crippen molar-refractivity contribution in [3.8, 4) is 11.5 Å². The zero-order valence-corrected chi connectivity index (χ0v) is 17.0. The molecule has 0 aliphatic carbocycles. The maximum atomic E-state index is 9.79. The van der Waals surface area contributed by atoms with Crippen LogP contribution >= 0.6 is 23.2 Å². The first-order valence-electron chi connectivity index (χ1n) is 9.02. The molecule has 1 aliphatic heterocycles. The number of phenolic OH excluding ortho intramolecular Hbond substituents is 2. The Balaban J connectivity index is 2.05. The standard InChI is InChI=1S/C22H17Cl2N3O2/c1-2-17-21(13-3-7-15(28)8-4-13)26-27-22(17,14-5-9-16(29)10-6-14)20-18(23)11-25-12-19(20)24/h3-12,28-29H,2H2,1H3. The predicted molar refractivity (Wildman–Crippen MR) is 113 cm³/mol. The molecular formula is C22H17Cl2N3O2. The molecular weight excluding hydrogens is 409 g/mol. The van der Waals surface area contributed by atoms with Crippen LogP contribution in [0.5, 0.6) is 11.5 Å². The zero-order chi connectivity index (χ0) is 20.6. The quantitative estimate of drug-likeness (QED) is 0.512. The second-order valence-electron chi connectivity index (χ2n) is 6.66. The molecule has 5 nitrogen and oxygen atoms in total. The van der Waals surface area contributed by atoms with Crippen molar-refractivity contribution in [3.63, 3.8) is 0 Å². The Bertz CT molecular complexity index is 1110. The maximum Gasteiger partial charge on any atom is 0.158 e. The van der Waals surface area contributed by atoms with Crippen LogP contribution in [-0.4, -0.2) is 15.2 Å². The van der Waals surface area contributed by atoms with Gasteiger partial charge in [0.2, 0.25) is 0 Å². The van der Waals surface area contributed by atoms with Gasteiger partial charge in [-0.25, -0.2) is 0 Å². The highest BCUT2D eigenvalue weighted by atomic mass is 35.5. The number of rotatable bonds is 4. The number of pyridine rings is 1. The van der Waals surface area contributed by atoms with Crippen molar-refractivity contribution in [1.29, 1.82) is 0 Å². The predicted octanol–water partition coefficient (Wildman–Crippen LogP) is 6.33. The highest BCUT2D eigenvalue weighted by Gasteiger charge is 2.46. The van der Waals surface area contributed by atoms with Crippen LogP contribution in [0.1, 0.15) is 30.0 Å². The molecule has 2 aromatic carbocycles. The minimum atomic E-state index is -1.05. The van der Waals surface area contributed by atoms with E-state index in [1.54, 1.807) is 48.5 Å². The van der Waals surface area contributed by atoms with E-state index in [1.165, 1.54) is 12.4 Å². The van der Waals surface area contributed by atoms with Crippen molar-refractivity contribution < 1.29 is 10.2 Å². The van der Waals surface area contributed by atoms with Crippen LogP contribution in [0.4, 0.5) is 0 Å². The van der Waals surface area contributed by atoms with Crippen LogP contribution in [-0.2, 0) is 5.54 Å². The van der Waals surface area contributed by atoms with Gasteiger partial charge in [0.15, 0.2) is 5.54 Å². The fraction of sp³-hybridized carbons (Fsp3) is 0.136. The SMILES string of the molecule is CCC1=C(c2ccc(O)cc2)N=NC1(c1ccc(O)cc1)c1c(Cl)cncc1Cl. The Morgan fingerprint density at radius 1 is 0.862 bits per heavy atom. The first-order chi connectivity index (χ1) is 14.0. The number of azo groups is 1. The number of phenols is 2. The van der Waals surface area contributed by atoms with Gasteiger partial charge in [-0.2, -0.15) is 10.2 Å². The first-order valence-corrected chi connectivity index (χ1v) is 9.78. The van der Waals surface area contributed by atoms with Crippen LogP contribution < -0.4 is 0 Å². The molecule has 0 radical (unpaired) electrons. The molecule has 3 aromatic rings. The lowest BCUT2D eigenvalue weighted by atomic mass is 9.76. The third-order valence-corrected chi connectivity index (χ3v) is 5.59. The monoisotopic (exact) mass is 425 g/mol. The van der Waals surface area contributed by atoms with Gasteiger partial charge in [0, 0.05) is 23.5 Å². The molecule has 1 aliphatic rings. The van der Waals surface area contributed by atoms with Crippen LogP contribution in [0.2, 0.25) is 10.0 Å². The maximum absolute atomic E-state index is 9.79. The smallest absolute Gasteiger partial charge is 0.158 e. The summed E-state index contributed by atoms with van der Waals surface area (Å²) in [5.41, 5.74) is 2.75. The van der Waals surface area contributed by atoms with Gasteiger partial charge in [-0.15, -0.1) is 0 Å². The van der Waals surface area contributed by atoms with Crippen LogP contribution in [0, 0.1) is 0 Å². The lowest BCUT2D eigenvalue weighted by molar-refractivity contribution is 0.474. The summed E-state index contributed by atoms with van der Waals surface area (Å²) in [7, 11) is 0. The first kappa shape index (κ1) is 19.4. The lowest BCUT2D eigenvalue weighted by Crippen LogP contribution is -2.27. The summed E-state index contributed by atoms with van der Waals surface area (Å²) in [6, 6.07) is 13.6. The van der Waals surface area contributed by atoms with Gasteiger partial charge < -0.3 is 10.2 Å². The number of aromatic nitrogens is 1. The Labute approximate surface area is 178 Å². The minimum absolute atomic E-state index is 0.145. The number of nitrogens with zero attached hydrogens (tertiary/aromatic N) is 3. The number of hydrogen-bond donors (Lipinski definition) is 2. The molecule has 2 heterocycles. The minimum Gasteiger partial charge on any atom is -0.508 e. The van der Waals surface area contributed by atoms with Crippen molar-refractivity contribution in [2.75, 3.05) is 0 Å². The van der Waals surface area contributed by atoms with Gasteiger partial charge >= 0.3 is 0 Å². The fourth-order valence-electron chi connectivity index (χ4n) is 3.73. The van der Waals surface area contributed by atoms with Gasteiger partial charge in [-0.05, 0) is 54.0 Å². The van der Waals surface area contributed by atoms with Crippen LogP contribution in [0.15, 0.2) is 76.7 Å². The summed E-state index contributed by atoms with van der Waals surface area (Å²) < 4.78 is 0. The van der Waals surface area contributed by atoms with Crippen molar-refractivity contribution >= 4 is 28.9 Å². The van der Waals surface area contributed by atoms with E-state index in [9.17, 15) is 10.2 Å². The van der Waals surface area contributed by atoms with E-state index in [0.717, 1.165) is 16.7 Å². The van der Waals surface area contributed by atoms with E-state index in [-0.39, 0.29) is 11.5 Å². The normalized spacial score (nSPS) is 18.4. The highest BCUT2D eigenvalue weighted by molar-refractivity contribution is 6.36. The molecule has 0 saturated heterocycles. The molecule has 4 rings (SSSR count).